The topological polar surface area (TPSA) is 87.8 Å². The fraction of sp³-hybridized carbons (Fsp3) is 0.517. The number of thioether (sulfide) groups is 1. The van der Waals surface area contributed by atoms with Gasteiger partial charge in [0.15, 0.2) is 0 Å². The number of hydrogen-bond acceptors (Lipinski definition) is 6. The summed E-state index contributed by atoms with van der Waals surface area (Å²) in [6.07, 6.45) is 9.99. The number of carboxylic acids is 1. The van der Waals surface area contributed by atoms with Gasteiger partial charge in [-0.2, -0.15) is 0 Å². The van der Waals surface area contributed by atoms with Crippen LogP contribution in [-0.2, 0) is 11.8 Å². The van der Waals surface area contributed by atoms with Gasteiger partial charge >= 0.3 is 5.97 Å². The first-order chi connectivity index (χ1) is 17.9. The van der Waals surface area contributed by atoms with Crippen LogP contribution in [0, 0.1) is 11.8 Å². The number of methoxy groups -OCH3 is 1. The molecule has 1 aliphatic heterocycles. The largest absolute Gasteiger partial charge is 0.497 e. The molecule has 1 aliphatic rings. The minimum absolute atomic E-state index is 0.205. The number of likely N-dealkylation sites (tertiary alicyclic amines) is 1. The van der Waals surface area contributed by atoms with E-state index < -0.39 is 12.1 Å². The van der Waals surface area contributed by atoms with Crippen LogP contribution >= 0.6 is 11.8 Å². The molecule has 0 radical (unpaired) electrons. The van der Waals surface area contributed by atoms with Crippen LogP contribution in [0.4, 0.5) is 0 Å². The number of aliphatic hydroxyl groups excluding tert-OH is 1. The molecular formula is C29H39N3O4S. The van der Waals surface area contributed by atoms with E-state index in [1.165, 1.54) is 4.90 Å². The third-order valence-corrected chi connectivity index (χ3v) is 8.62. The van der Waals surface area contributed by atoms with Crippen molar-refractivity contribution >= 4 is 28.6 Å². The molecule has 200 valence electrons. The smallest absolute Gasteiger partial charge is 0.303 e. The van der Waals surface area contributed by atoms with E-state index in [0.29, 0.717) is 24.7 Å². The number of pyridine rings is 1. The van der Waals surface area contributed by atoms with Crippen molar-refractivity contribution in [2.24, 2.45) is 18.9 Å². The van der Waals surface area contributed by atoms with Gasteiger partial charge in [-0.05, 0) is 98.7 Å². The second kappa shape index (κ2) is 13.3. The van der Waals surface area contributed by atoms with E-state index in [2.05, 4.69) is 32.9 Å². The SMILES string of the molecule is COc1ccc2nccc(C(O)CC[C@@H]3CCN(CCCSc4ccn(C)c4)C[C@@H]3CCC(=O)O)c2c1. The summed E-state index contributed by atoms with van der Waals surface area (Å²) in [4.78, 5) is 19.6. The number of hydrogen-bond donors (Lipinski definition) is 2. The van der Waals surface area contributed by atoms with Crippen molar-refractivity contribution in [2.45, 2.75) is 49.5 Å². The summed E-state index contributed by atoms with van der Waals surface area (Å²) in [5.41, 5.74) is 1.72. The maximum absolute atomic E-state index is 11.3. The Morgan fingerprint density at radius 1 is 1.24 bits per heavy atom. The number of aliphatic carboxylic acids is 1. The molecule has 3 aromatic rings. The Bertz CT molecular complexity index is 1170. The molecule has 0 saturated carbocycles. The number of nitrogens with zero attached hydrogens (tertiary/aromatic N) is 3. The minimum atomic E-state index is -0.729. The van der Waals surface area contributed by atoms with Gasteiger partial charge < -0.3 is 24.4 Å². The molecule has 37 heavy (non-hydrogen) atoms. The predicted octanol–water partition coefficient (Wildman–Crippen LogP) is 5.38. The summed E-state index contributed by atoms with van der Waals surface area (Å²) in [6.45, 7) is 3.03. The number of carboxylic acid groups (broad SMARTS) is 1. The highest BCUT2D eigenvalue weighted by atomic mass is 32.2. The summed E-state index contributed by atoms with van der Waals surface area (Å²) in [5.74, 6) is 1.87. The lowest BCUT2D eigenvalue weighted by Crippen LogP contribution is -2.41. The average Bonchev–Trinajstić information content (AvgIpc) is 3.33. The zero-order chi connectivity index (χ0) is 26.2. The van der Waals surface area contributed by atoms with Gasteiger partial charge in [-0.3, -0.25) is 9.78 Å². The zero-order valence-corrected chi connectivity index (χ0v) is 22.7. The quantitative estimate of drug-likeness (QED) is 0.229. The fourth-order valence-corrected chi connectivity index (χ4v) is 6.42. The molecule has 4 rings (SSSR count). The lowest BCUT2D eigenvalue weighted by Gasteiger charge is -2.39. The lowest BCUT2D eigenvalue weighted by molar-refractivity contribution is -0.137. The Kier molecular flexibility index (Phi) is 9.88. The van der Waals surface area contributed by atoms with E-state index in [0.717, 1.165) is 66.9 Å². The van der Waals surface area contributed by atoms with Crippen LogP contribution in [0.3, 0.4) is 0 Å². The summed E-state index contributed by atoms with van der Waals surface area (Å²) >= 11 is 1.89. The first-order valence-electron chi connectivity index (χ1n) is 13.2. The Morgan fingerprint density at radius 3 is 2.86 bits per heavy atom. The Balaban J connectivity index is 1.32. The highest BCUT2D eigenvalue weighted by Crippen LogP contribution is 2.35. The van der Waals surface area contributed by atoms with Gasteiger partial charge in [-0.1, -0.05) is 0 Å². The molecule has 2 N–H and O–H groups in total. The van der Waals surface area contributed by atoms with Gasteiger partial charge in [0.2, 0.25) is 0 Å². The van der Waals surface area contributed by atoms with Crippen molar-refractivity contribution in [3.8, 4) is 5.75 Å². The van der Waals surface area contributed by atoms with Crippen LogP contribution in [0.5, 0.6) is 5.75 Å². The van der Waals surface area contributed by atoms with Crippen LogP contribution in [-0.4, -0.2) is 63.1 Å². The van der Waals surface area contributed by atoms with Gasteiger partial charge in [0, 0.05) is 48.9 Å². The van der Waals surface area contributed by atoms with Crippen molar-refractivity contribution in [2.75, 3.05) is 32.5 Å². The molecule has 1 saturated heterocycles. The molecule has 2 aromatic heterocycles. The number of aryl methyl sites for hydroxylation is 1. The second-order valence-corrected chi connectivity index (χ2v) is 11.3. The number of benzene rings is 1. The van der Waals surface area contributed by atoms with Gasteiger partial charge in [-0.25, -0.2) is 0 Å². The maximum Gasteiger partial charge on any atom is 0.303 e. The van der Waals surface area contributed by atoms with Crippen LogP contribution < -0.4 is 4.74 Å². The number of piperidine rings is 1. The molecule has 0 amide bonds. The van der Waals surface area contributed by atoms with Crippen molar-refractivity contribution in [3.05, 3.63) is 54.5 Å². The number of ether oxygens (including phenoxy) is 1. The van der Waals surface area contributed by atoms with Crippen LogP contribution in [0.1, 0.15) is 50.2 Å². The van der Waals surface area contributed by atoms with Crippen molar-refractivity contribution in [1.82, 2.24) is 14.5 Å². The van der Waals surface area contributed by atoms with Crippen LogP contribution in [0.2, 0.25) is 0 Å². The summed E-state index contributed by atoms with van der Waals surface area (Å²) in [6, 6.07) is 9.78. The fourth-order valence-electron chi connectivity index (χ4n) is 5.51. The number of rotatable bonds is 13. The third kappa shape index (κ3) is 7.72. The van der Waals surface area contributed by atoms with Crippen LogP contribution in [0.25, 0.3) is 10.9 Å². The standard InChI is InChI=1S/C29H39N3O4S/c1-31-15-12-24(20-31)37-17-3-14-32-16-11-21(22(19-32)5-9-29(34)35)4-8-28(33)25-10-13-30-27-7-6-23(36-2)18-26(25)27/h6-7,10,12-13,15,18,20-22,28,33H,3-5,8-9,11,14,16-17,19H2,1-2H3,(H,34,35)/t21-,22+,28?/m1/s1. The highest BCUT2D eigenvalue weighted by Gasteiger charge is 2.30. The Labute approximate surface area is 223 Å². The molecule has 1 aromatic carbocycles. The molecule has 1 fully saturated rings. The molecule has 0 spiro atoms. The second-order valence-electron chi connectivity index (χ2n) is 10.1. The number of aliphatic hydroxyl groups is 1. The molecule has 1 unspecified atom stereocenters. The first kappa shape index (κ1) is 27.5. The van der Waals surface area contributed by atoms with Gasteiger partial charge in [0.1, 0.15) is 5.75 Å². The van der Waals surface area contributed by atoms with Crippen molar-refractivity contribution in [1.29, 1.82) is 0 Å². The third-order valence-electron chi connectivity index (χ3n) is 7.55. The monoisotopic (exact) mass is 525 g/mol. The first-order valence-corrected chi connectivity index (χ1v) is 14.2. The van der Waals surface area contributed by atoms with Gasteiger partial charge in [0.05, 0.1) is 18.7 Å². The van der Waals surface area contributed by atoms with Gasteiger partial charge in [0.25, 0.3) is 0 Å². The number of carbonyl (C=O) groups is 1. The van der Waals surface area contributed by atoms with E-state index in [4.69, 9.17) is 4.74 Å². The molecule has 8 heteroatoms. The normalized spacial score (nSPS) is 19.2. The molecule has 7 nitrogen and oxygen atoms in total. The molecular weight excluding hydrogens is 486 g/mol. The van der Waals surface area contributed by atoms with E-state index in [1.54, 1.807) is 13.3 Å². The zero-order valence-electron chi connectivity index (χ0n) is 21.9. The van der Waals surface area contributed by atoms with Gasteiger partial charge in [-0.15, -0.1) is 11.8 Å². The molecule has 0 aliphatic carbocycles. The maximum atomic E-state index is 11.3. The summed E-state index contributed by atoms with van der Waals surface area (Å²) in [7, 11) is 3.68. The van der Waals surface area contributed by atoms with Crippen molar-refractivity contribution < 1.29 is 19.7 Å². The number of fused-ring (bicyclic) bond motifs is 1. The van der Waals surface area contributed by atoms with Crippen LogP contribution in [0.15, 0.2) is 53.8 Å². The number of aromatic nitrogens is 2. The molecule has 3 heterocycles. The summed E-state index contributed by atoms with van der Waals surface area (Å²) < 4.78 is 7.45. The predicted molar refractivity (Wildman–Crippen MR) is 148 cm³/mol. The summed E-state index contributed by atoms with van der Waals surface area (Å²) in [5, 5.41) is 21.4. The minimum Gasteiger partial charge on any atom is -0.497 e. The van der Waals surface area contributed by atoms with E-state index >= 15 is 0 Å². The van der Waals surface area contributed by atoms with E-state index in [9.17, 15) is 15.0 Å². The Morgan fingerprint density at radius 2 is 2.11 bits per heavy atom. The molecule has 0 bridgehead atoms. The van der Waals surface area contributed by atoms with Crippen molar-refractivity contribution in [3.63, 3.8) is 0 Å². The van der Waals surface area contributed by atoms with E-state index in [-0.39, 0.29) is 6.42 Å². The van der Waals surface area contributed by atoms with E-state index in [1.807, 2.05) is 43.1 Å². The lowest BCUT2D eigenvalue weighted by atomic mass is 9.79. The molecule has 3 atom stereocenters. The highest BCUT2D eigenvalue weighted by molar-refractivity contribution is 7.99. The average molecular weight is 526 g/mol. The Hall–Kier alpha value is -2.55.